The molecule has 0 saturated carbocycles. The Morgan fingerprint density at radius 3 is 2.23 bits per heavy atom. The molecule has 240 valence electrons. The number of hydrogen-bond donors (Lipinski definition) is 2. The second kappa shape index (κ2) is 11.7. The van der Waals surface area contributed by atoms with E-state index in [9.17, 15) is 14.4 Å². The van der Waals surface area contributed by atoms with Crippen LogP contribution in [-0.2, 0) is 15.1 Å². The second-order valence-electron chi connectivity index (χ2n) is 12.0. The molecule has 2 aliphatic rings. The summed E-state index contributed by atoms with van der Waals surface area (Å²) in [6.45, 7) is 0.0871. The van der Waals surface area contributed by atoms with Crippen LogP contribution in [0.4, 0.5) is 17.1 Å². The number of hydrogen-bond acceptors (Lipinski definition) is 10. The molecule has 0 radical (unpaired) electrons. The van der Waals surface area contributed by atoms with Crippen molar-refractivity contribution < 1.29 is 23.9 Å². The summed E-state index contributed by atoms with van der Waals surface area (Å²) in [5, 5.41) is 15.1. The number of thiazole rings is 1. The van der Waals surface area contributed by atoms with Gasteiger partial charge in [0.2, 0.25) is 5.91 Å². The van der Waals surface area contributed by atoms with Gasteiger partial charge < -0.3 is 29.9 Å². The van der Waals surface area contributed by atoms with Crippen LogP contribution in [-0.4, -0.2) is 57.5 Å². The Kier molecular flexibility index (Phi) is 7.49. The van der Waals surface area contributed by atoms with Gasteiger partial charge in [0.1, 0.15) is 17.6 Å². The fourth-order valence-electron chi connectivity index (χ4n) is 6.06. The van der Waals surface area contributed by atoms with Crippen molar-refractivity contribution >= 4 is 56.4 Å². The van der Waals surface area contributed by atoms with E-state index in [-0.39, 0.29) is 18.9 Å². The maximum atomic E-state index is 13.4. The van der Waals surface area contributed by atoms with Gasteiger partial charge in [-0.05, 0) is 60.7 Å². The number of benzene rings is 4. The van der Waals surface area contributed by atoms with Crippen LogP contribution in [0.2, 0.25) is 0 Å². The Hall–Kier alpha value is -5.93. The molecule has 0 unspecified atom stereocenters. The molecule has 0 atom stereocenters. The highest BCUT2D eigenvalue weighted by molar-refractivity contribution is 7.19. The molecular formula is C36H30N6O5S. The zero-order valence-corrected chi connectivity index (χ0v) is 27.4. The minimum Gasteiger partial charge on any atom is -0.456 e. The first kappa shape index (κ1) is 30.7. The molecule has 12 heteroatoms. The highest BCUT2D eigenvalue weighted by Crippen LogP contribution is 2.57. The third-order valence-electron chi connectivity index (χ3n) is 8.47. The van der Waals surface area contributed by atoms with E-state index in [1.165, 1.54) is 11.3 Å². The quantitative estimate of drug-likeness (QED) is 0.213. The van der Waals surface area contributed by atoms with E-state index in [0.29, 0.717) is 55.5 Å². The van der Waals surface area contributed by atoms with Gasteiger partial charge in [-0.25, -0.2) is 9.78 Å². The number of carbonyl (C=O) groups excluding carboxylic acids is 3. The van der Waals surface area contributed by atoms with Crippen molar-refractivity contribution in [3.8, 4) is 17.6 Å². The van der Waals surface area contributed by atoms with E-state index in [1.807, 2.05) is 80.5 Å². The van der Waals surface area contributed by atoms with E-state index in [4.69, 9.17) is 14.7 Å². The summed E-state index contributed by atoms with van der Waals surface area (Å²) in [6.07, 6.45) is 0.0346. The molecule has 1 aromatic heterocycles. The Balaban J connectivity index is 1.15. The SMILES string of the molecule is CN(C)c1ccc2c(c1)Oc1cc(N(C)C)ccc1C21OC(=O)c2ccc(C(=O)NCCC(=O)Nc3ccc4nc(C#N)sc4c3)cc21. The molecule has 0 bridgehead atoms. The predicted octanol–water partition coefficient (Wildman–Crippen LogP) is 5.63. The Morgan fingerprint density at radius 2 is 1.58 bits per heavy atom. The highest BCUT2D eigenvalue weighted by atomic mass is 32.1. The molecule has 7 rings (SSSR count). The predicted molar refractivity (Wildman–Crippen MR) is 183 cm³/mol. The summed E-state index contributed by atoms with van der Waals surface area (Å²) in [7, 11) is 7.74. The molecule has 5 aromatic rings. The number of rotatable bonds is 7. The lowest BCUT2D eigenvalue weighted by Gasteiger charge is -2.37. The van der Waals surface area contributed by atoms with Gasteiger partial charge in [-0.1, -0.05) is 0 Å². The van der Waals surface area contributed by atoms with E-state index in [2.05, 4.69) is 15.6 Å². The maximum absolute atomic E-state index is 13.4. The molecule has 4 aromatic carbocycles. The van der Waals surface area contributed by atoms with E-state index < -0.39 is 17.5 Å². The monoisotopic (exact) mass is 658 g/mol. The number of nitrogens with zero attached hydrogens (tertiary/aromatic N) is 4. The molecule has 11 nitrogen and oxygen atoms in total. The lowest BCUT2D eigenvalue weighted by Crippen LogP contribution is -2.34. The fourth-order valence-corrected chi connectivity index (χ4v) is 6.86. The molecule has 2 amide bonds. The van der Waals surface area contributed by atoms with Crippen molar-refractivity contribution in [2.45, 2.75) is 12.0 Å². The van der Waals surface area contributed by atoms with Crippen molar-refractivity contribution in [2.24, 2.45) is 0 Å². The van der Waals surface area contributed by atoms with Gasteiger partial charge in [-0.15, -0.1) is 11.3 Å². The average Bonchev–Trinajstić information content (AvgIpc) is 3.62. The second-order valence-corrected chi connectivity index (χ2v) is 13.0. The minimum atomic E-state index is -1.34. The van der Waals surface area contributed by atoms with Gasteiger partial charge in [0.25, 0.3) is 5.91 Å². The van der Waals surface area contributed by atoms with Crippen molar-refractivity contribution in [3.63, 3.8) is 0 Å². The van der Waals surface area contributed by atoms with Crippen LogP contribution in [0.15, 0.2) is 72.8 Å². The van der Waals surface area contributed by atoms with Crippen LogP contribution < -0.4 is 25.2 Å². The lowest BCUT2D eigenvalue weighted by molar-refractivity contribution is -0.116. The van der Waals surface area contributed by atoms with Crippen molar-refractivity contribution in [1.29, 1.82) is 5.26 Å². The summed E-state index contributed by atoms with van der Waals surface area (Å²) in [5.41, 5.74) is 4.27. The van der Waals surface area contributed by atoms with Gasteiger partial charge in [0.05, 0.1) is 15.8 Å². The first-order valence-corrected chi connectivity index (χ1v) is 16.0. The van der Waals surface area contributed by atoms with Crippen LogP contribution >= 0.6 is 11.3 Å². The number of fused-ring (bicyclic) bond motifs is 7. The fraction of sp³-hybridized carbons (Fsp3) is 0.194. The van der Waals surface area contributed by atoms with Gasteiger partial charge in [-0.3, -0.25) is 9.59 Å². The molecule has 48 heavy (non-hydrogen) atoms. The summed E-state index contributed by atoms with van der Waals surface area (Å²) in [6, 6.07) is 23.6. The largest absolute Gasteiger partial charge is 0.456 e. The zero-order valence-electron chi connectivity index (χ0n) is 26.6. The van der Waals surface area contributed by atoms with Crippen molar-refractivity contribution in [2.75, 3.05) is 49.9 Å². The van der Waals surface area contributed by atoms with Crippen LogP contribution in [0.5, 0.6) is 11.5 Å². The molecule has 1 spiro atoms. The van der Waals surface area contributed by atoms with Crippen molar-refractivity contribution in [3.05, 3.63) is 106 Å². The van der Waals surface area contributed by atoms with Gasteiger partial charge in [0, 0.05) is 92.6 Å². The number of anilines is 3. The molecule has 0 fully saturated rings. The highest BCUT2D eigenvalue weighted by Gasteiger charge is 2.54. The number of ether oxygens (including phenoxy) is 2. The number of aromatic nitrogens is 1. The molecule has 2 N–H and O–H groups in total. The van der Waals surface area contributed by atoms with E-state index in [0.717, 1.165) is 16.1 Å². The van der Waals surface area contributed by atoms with E-state index >= 15 is 0 Å². The average molecular weight is 659 g/mol. The molecule has 3 heterocycles. The van der Waals surface area contributed by atoms with E-state index in [1.54, 1.807) is 36.4 Å². The number of carbonyl (C=O) groups is 3. The summed E-state index contributed by atoms with van der Waals surface area (Å²) in [5.74, 6) is -0.0804. The zero-order chi connectivity index (χ0) is 33.7. The Labute approximate surface area is 280 Å². The lowest BCUT2D eigenvalue weighted by atomic mass is 9.77. The van der Waals surface area contributed by atoms with Gasteiger partial charge in [0.15, 0.2) is 10.6 Å². The van der Waals surface area contributed by atoms with Crippen LogP contribution in [0.3, 0.4) is 0 Å². The summed E-state index contributed by atoms with van der Waals surface area (Å²) >= 11 is 1.25. The first-order valence-electron chi connectivity index (χ1n) is 15.2. The summed E-state index contributed by atoms with van der Waals surface area (Å²) in [4.78, 5) is 47.7. The topological polar surface area (TPSA) is 137 Å². The van der Waals surface area contributed by atoms with Crippen LogP contribution in [0.1, 0.15) is 48.8 Å². The molecular weight excluding hydrogens is 629 g/mol. The van der Waals surface area contributed by atoms with Crippen LogP contribution in [0, 0.1) is 11.3 Å². The van der Waals surface area contributed by atoms with Crippen LogP contribution in [0.25, 0.3) is 10.2 Å². The molecule has 0 saturated heterocycles. The number of nitrogens with one attached hydrogen (secondary N) is 2. The third-order valence-corrected chi connectivity index (χ3v) is 9.40. The number of esters is 1. The Bertz CT molecular complexity index is 2140. The van der Waals surface area contributed by atoms with Gasteiger partial charge >= 0.3 is 5.97 Å². The Morgan fingerprint density at radius 1 is 0.896 bits per heavy atom. The number of nitriles is 1. The summed E-state index contributed by atoms with van der Waals surface area (Å²) < 4.78 is 13.5. The third kappa shape index (κ3) is 5.14. The number of amides is 2. The van der Waals surface area contributed by atoms with Gasteiger partial charge in [-0.2, -0.15) is 5.26 Å². The minimum absolute atomic E-state index is 0.0346. The molecule has 0 aliphatic carbocycles. The normalized spacial score (nSPS) is 13.4. The first-order chi connectivity index (χ1) is 23.1. The smallest absolute Gasteiger partial charge is 0.340 e. The van der Waals surface area contributed by atoms with Crippen molar-refractivity contribution in [1.82, 2.24) is 10.3 Å². The maximum Gasteiger partial charge on any atom is 0.340 e. The standard InChI is InChI=1S/C36H30N6O5S/c1-41(2)22-7-10-25-29(17-22)46-30-18-23(42(3)4)8-11-26(30)36(25)27-15-20(5-9-24(27)35(45)47-36)34(44)38-14-13-32(43)39-21-6-12-28-31(16-21)48-33(19-37)40-28/h5-12,15-18H,13-14H2,1-4H3,(H,38,44)(H,39,43). The molecule has 2 aliphatic heterocycles.